The molecule has 1 aromatic carbocycles. The molecule has 1 heterocycles. The van der Waals surface area contributed by atoms with Gasteiger partial charge < -0.3 is 14.3 Å². The largest absolute Gasteiger partial charge is 0.372 e. The zero-order valence-corrected chi connectivity index (χ0v) is 14.3. The van der Waals surface area contributed by atoms with E-state index >= 15 is 0 Å². The Hall–Kier alpha value is -1.91. The average molecular weight is 418 g/mol. The highest BCUT2D eigenvalue weighted by Gasteiger charge is 2.20. The topological polar surface area (TPSA) is 92.7 Å². The predicted molar refractivity (Wildman–Crippen MR) is 90.5 cm³/mol. The number of nitro groups is 1. The maximum atomic E-state index is 11.6. The SMILES string of the molecule is CN(CCN(C)c1ccc([N+](=O)[O-])c2nocc12)C(=O)CI. The second-order valence-corrected chi connectivity index (χ2v) is 5.57. The first-order valence-corrected chi connectivity index (χ1v) is 8.00. The van der Waals surface area contributed by atoms with Crippen LogP contribution in [0.5, 0.6) is 0 Å². The van der Waals surface area contributed by atoms with Crippen molar-refractivity contribution in [2.24, 2.45) is 0 Å². The summed E-state index contributed by atoms with van der Waals surface area (Å²) in [5, 5.41) is 15.3. The van der Waals surface area contributed by atoms with Gasteiger partial charge in [0, 0.05) is 38.9 Å². The summed E-state index contributed by atoms with van der Waals surface area (Å²) in [4.78, 5) is 25.6. The van der Waals surface area contributed by atoms with Crippen LogP contribution in [0.4, 0.5) is 11.4 Å². The van der Waals surface area contributed by atoms with Crippen LogP contribution in [0.15, 0.2) is 22.9 Å². The Kier molecular flexibility index (Phi) is 5.16. The molecule has 0 saturated heterocycles. The number of amides is 1. The molecule has 0 saturated carbocycles. The van der Waals surface area contributed by atoms with Gasteiger partial charge in [-0.3, -0.25) is 14.9 Å². The molecule has 22 heavy (non-hydrogen) atoms. The van der Waals surface area contributed by atoms with Crippen molar-refractivity contribution in [3.05, 3.63) is 28.5 Å². The number of alkyl halides is 1. The van der Waals surface area contributed by atoms with Crippen molar-refractivity contribution < 1.29 is 14.2 Å². The van der Waals surface area contributed by atoms with Crippen molar-refractivity contribution >= 4 is 50.8 Å². The van der Waals surface area contributed by atoms with Crippen LogP contribution < -0.4 is 4.90 Å². The number of anilines is 1. The zero-order chi connectivity index (χ0) is 16.3. The summed E-state index contributed by atoms with van der Waals surface area (Å²) in [7, 11) is 3.61. The summed E-state index contributed by atoms with van der Waals surface area (Å²) in [6.45, 7) is 1.15. The number of carbonyl (C=O) groups is 1. The fourth-order valence-electron chi connectivity index (χ4n) is 2.06. The van der Waals surface area contributed by atoms with Crippen LogP contribution >= 0.6 is 22.6 Å². The molecule has 2 aromatic rings. The van der Waals surface area contributed by atoms with E-state index in [9.17, 15) is 14.9 Å². The molecule has 0 aliphatic rings. The summed E-state index contributed by atoms with van der Waals surface area (Å²) in [5.41, 5.74) is 0.918. The number of benzene rings is 1. The number of carbonyl (C=O) groups excluding carboxylic acids is 1. The molecular weight excluding hydrogens is 403 g/mol. The Morgan fingerprint density at radius 1 is 1.41 bits per heavy atom. The maximum absolute atomic E-state index is 11.6. The van der Waals surface area contributed by atoms with Crippen molar-refractivity contribution in [2.75, 3.05) is 36.5 Å². The van der Waals surface area contributed by atoms with Crippen LogP contribution in [0.2, 0.25) is 0 Å². The zero-order valence-electron chi connectivity index (χ0n) is 12.2. The minimum Gasteiger partial charge on any atom is -0.372 e. The number of nitrogens with zero attached hydrogens (tertiary/aromatic N) is 4. The third kappa shape index (κ3) is 3.29. The number of fused-ring (bicyclic) bond motifs is 1. The molecule has 2 rings (SSSR count). The van der Waals surface area contributed by atoms with E-state index in [1.807, 2.05) is 34.5 Å². The van der Waals surface area contributed by atoms with Crippen molar-refractivity contribution in [1.29, 1.82) is 0 Å². The molecule has 0 bridgehead atoms. The lowest BCUT2D eigenvalue weighted by molar-refractivity contribution is -0.383. The Labute approximate surface area is 140 Å². The number of aromatic nitrogens is 1. The number of rotatable bonds is 6. The molecule has 0 atom stereocenters. The van der Waals surface area contributed by atoms with E-state index in [0.29, 0.717) is 22.9 Å². The van der Waals surface area contributed by atoms with Gasteiger partial charge in [0.1, 0.15) is 6.26 Å². The number of hydrogen-bond acceptors (Lipinski definition) is 6. The third-order valence-electron chi connectivity index (χ3n) is 3.41. The highest BCUT2D eigenvalue weighted by molar-refractivity contribution is 14.1. The molecule has 1 amide bonds. The van der Waals surface area contributed by atoms with Gasteiger partial charge in [-0.15, -0.1) is 0 Å². The summed E-state index contributed by atoms with van der Waals surface area (Å²) in [5.74, 6) is 0.0628. The Balaban J connectivity index is 2.20. The van der Waals surface area contributed by atoms with Gasteiger partial charge >= 0.3 is 0 Å². The summed E-state index contributed by atoms with van der Waals surface area (Å²) < 4.78 is 5.32. The van der Waals surface area contributed by atoms with Crippen molar-refractivity contribution in [2.45, 2.75) is 0 Å². The van der Waals surface area contributed by atoms with E-state index in [1.165, 1.54) is 12.3 Å². The lowest BCUT2D eigenvalue weighted by atomic mass is 10.2. The van der Waals surface area contributed by atoms with E-state index in [-0.39, 0.29) is 17.1 Å². The van der Waals surface area contributed by atoms with Crippen LogP contribution in [0, 0.1) is 10.1 Å². The standard InChI is InChI=1S/C13H15IN4O4/c1-16(5-6-17(2)12(19)7-14)10-3-4-11(18(20)21)13-9(10)8-22-15-13/h3-4,8H,5-7H2,1-2H3. The molecule has 1 aromatic heterocycles. The maximum Gasteiger partial charge on any atom is 0.299 e. The van der Waals surface area contributed by atoms with Crippen molar-refractivity contribution in [3.8, 4) is 0 Å². The number of halogens is 1. The van der Waals surface area contributed by atoms with Crippen molar-refractivity contribution in [1.82, 2.24) is 10.1 Å². The van der Waals surface area contributed by atoms with Gasteiger partial charge in [0.25, 0.3) is 5.69 Å². The van der Waals surface area contributed by atoms with E-state index < -0.39 is 4.92 Å². The van der Waals surface area contributed by atoms with Gasteiger partial charge in [0.05, 0.1) is 14.7 Å². The fraction of sp³-hybridized carbons (Fsp3) is 0.385. The normalized spacial score (nSPS) is 10.7. The van der Waals surface area contributed by atoms with Gasteiger partial charge in [-0.25, -0.2) is 0 Å². The van der Waals surface area contributed by atoms with Gasteiger partial charge in [0.2, 0.25) is 5.91 Å². The lowest BCUT2D eigenvalue weighted by Crippen LogP contribution is -2.35. The predicted octanol–water partition coefficient (Wildman–Crippen LogP) is 2.07. The van der Waals surface area contributed by atoms with E-state index in [2.05, 4.69) is 5.16 Å². The second-order valence-electron chi connectivity index (χ2n) is 4.81. The molecule has 9 heteroatoms. The van der Waals surface area contributed by atoms with E-state index in [4.69, 9.17) is 4.52 Å². The van der Waals surface area contributed by atoms with E-state index in [0.717, 1.165) is 5.69 Å². The van der Waals surface area contributed by atoms with Gasteiger partial charge in [-0.1, -0.05) is 27.7 Å². The highest BCUT2D eigenvalue weighted by Crippen LogP contribution is 2.32. The van der Waals surface area contributed by atoms with Crippen LogP contribution in [0.3, 0.4) is 0 Å². The fourth-order valence-corrected chi connectivity index (χ4v) is 2.64. The molecule has 0 fully saturated rings. The molecule has 0 N–H and O–H groups in total. The molecule has 0 aliphatic heterocycles. The monoisotopic (exact) mass is 418 g/mol. The van der Waals surface area contributed by atoms with Crippen LogP contribution in [0.25, 0.3) is 10.9 Å². The van der Waals surface area contributed by atoms with Gasteiger partial charge in [-0.2, -0.15) is 0 Å². The Morgan fingerprint density at radius 2 is 2.14 bits per heavy atom. The average Bonchev–Trinajstić information content (AvgIpc) is 2.99. The first-order chi connectivity index (χ1) is 10.5. The molecule has 0 spiro atoms. The minimum atomic E-state index is -0.485. The molecule has 8 nitrogen and oxygen atoms in total. The number of likely N-dealkylation sites (N-methyl/N-ethyl adjacent to an activating group) is 2. The summed E-state index contributed by atoms with van der Waals surface area (Å²) >= 11 is 2.03. The molecule has 0 radical (unpaired) electrons. The summed E-state index contributed by atoms with van der Waals surface area (Å²) in [6.07, 6.45) is 1.40. The van der Waals surface area contributed by atoms with Crippen LogP contribution in [0.1, 0.15) is 0 Å². The first-order valence-electron chi connectivity index (χ1n) is 6.48. The van der Waals surface area contributed by atoms with Gasteiger partial charge in [-0.05, 0) is 6.07 Å². The third-order valence-corrected chi connectivity index (χ3v) is 4.06. The van der Waals surface area contributed by atoms with Crippen LogP contribution in [-0.2, 0) is 4.79 Å². The first kappa shape index (κ1) is 16.5. The smallest absolute Gasteiger partial charge is 0.299 e. The molecule has 0 unspecified atom stereocenters. The summed E-state index contributed by atoms with van der Waals surface area (Å²) in [6, 6.07) is 3.08. The molecular formula is C13H15IN4O4. The highest BCUT2D eigenvalue weighted by atomic mass is 127. The van der Waals surface area contributed by atoms with Crippen molar-refractivity contribution in [3.63, 3.8) is 0 Å². The second kappa shape index (κ2) is 6.90. The number of non-ortho nitro benzene ring substituents is 1. The number of nitro benzene ring substituents is 1. The van der Waals surface area contributed by atoms with Gasteiger partial charge in [0.15, 0.2) is 5.52 Å². The lowest BCUT2D eigenvalue weighted by Gasteiger charge is -2.23. The van der Waals surface area contributed by atoms with E-state index in [1.54, 1.807) is 18.0 Å². The Morgan fingerprint density at radius 3 is 2.77 bits per heavy atom. The minimum absolute atomic E-state index is 0.0628. The molecule has 0 aliphatic carbocycles. The quantitative estimate of drug-likeness (QED) is 0.309. The number of hydrogen-bond donors (Lipinski definition) is 0. The Bertz CT molecular complexity index is 702. The molecule has 118 valence electrons. The van der Waals surface area contributed by atoms with Crippen LogP contribution in [-0.4, -0.2) is 52.5 Å².